The summed E-state index contributed by atoms with van der Waals surface area (Å²) in [7, 11) is 0. The Morgan fingerprint density at radius 2 is 2.06 bits per heavy atom. The third-order valence-corrected chi connectivity index (χ3v) is 3.78. The van der Waals surface area contributed by atoms with Crippen LogP contribution in [0.1, 0.15) is 11.5 Å². The van der Waals surface area contributed by atoms with Gasteiger partial charge in [0.1, 0.15) is 0 Å². The molecule has 18 heavy (non-hydrogen) atoms. The zero-order chi connectivity index (χ0) is 13.0. The highest BCUT2D eigenvalue weighted by Crippen LogP contribution is 2.27. The van der Waals surface area contributed by atoms with Crippen LogP contribution in [0.3, 0.4) is 0 Å². The lowest BCUT2D eigenvalue weighted by Gasteiger charge is -2.00. The molecule has 2 N–H and O–H groups in total. The molecule has 7 heteroatoms. The van der Waals surface area contributed by atoms with E-state index in [0.29, 0.717) is 39.9 Å². The van der Waals surface area contributed by atoms with Crippen molar-refractivity contribution in [2.24, 2.45) is 5.73 Å². The highest BCUT2D eigenvalue weighted by atomic mass is 35.5. The van der Waals surface area contributed by atoms with Crippen molar-refractivity contribution in [2.75, 3.05) is 6.54 Å². The highest BCUT2D eigenvalue weighted by Gasteiger charge is 2.07. The smallest absolute Gasteiger partial charge is 0.276 e. The van der Waals surface area contributed by atoms with E-state index in [0.717, 1.165) is 5.56 Å². The second kappa shape index (κ2) is 6.43. The van der Waals surface area contributed by atoms with E-state index in [1.807, 2.05) is 12.1 Å². The molecule has 0 saturated heterocycles. The van der Waals surface area contributed by atoms with Gasteiger partial charge in [0, 0.05) is 18.7 Å². The monoisotopic (exact) mass is 303 g/mol. The molecular formula is C11H11Cl2N3OS. The van der Waals surface area contributed by atoms with Gasteiger partial charge in [0.2, 0.25) is 5.89 Å². The Bertz CT molecular complexity index is 533. The first kappa shape index (κ1) is 13.7. The third-order valence-electron chi connectivity index (χ3n) is 2.15. The number of halogens is 2. The number of benzene rings is 1. The van der Waals surface area contributed by atoms with Gasteiger partial charge in [0.15, 0.2) is 0 Å². The van der Waals surface area contributed by atoms with E-state index in [4.69, 9.17) is 33.4 Å². The maximum Gasteiger partial charge on any atom is 0.276 e. The number of nitrogens with zero attached hydrogens (tertiary/aromatic N) is 2. The number of hydrogen-bond donors (Lipinski definition) is 1. The Balaban J connectivity index is 1.95. The van der Waals surface area contributed by atoms with Gasteiger partial charge in [-0.15, -0.1) is 10.2 Å². The van der Waals surface area contributed by atoms with Crippen LogP contribution >= 0.6 is 35.0 Å². The van der Waals surface area contributed by atoms with Gasteiger partial charge >= 0.3 is 0 Å². The molecule has 1 aromatic heterocycles. The predicted octanol–water partition coefficient (Wildman–Crippen LogP) is 3.17. The lowest BCUT2D eigenvalue weighted by atomic mass is 10.2. The first-order chi connectivity index (χ1) is 8.69. The van der Waals surface area contributed by atoms with Crippen molar-refractivity contribution in [3.8, 4) is 0 Å². The highest BCUT2D eigenvalue weighted by molar-refractivity contribution is 7.98. The minimum atomic E-state index is 0.499. The molecule has 1 aromatic carbocycles. The normalized spacial score (nSPS) is 10.8. The number of nitrogens with two attached hydrogens (primary N) is 1. The molecule has 0 aliphatic rings. The van der Waals surface area contributed by atoms with E-state index in [2.05, 4.69) is 10.2 Å². The zero-order valence-corrected chi connectivity index (χ0v) is 11.7. The largest absolute Gasteiger partial charge is 0.416 e. The molecule has 4 nitrogen and oxygen atoms in total. The van der Waals surface area contributed by atoms with Crippen LogP contribution in [0, 0.1) is 0 Å². The molecule has 96 valence electrons. The SMILES string of the molecule is NCCc1nnc(SCc2ccc(Cl)c(Cl)c2)o1. The van der Waals surface area contributed by atoms with E-state index in [9.17, 15) is 0 Å². The number of aromatic nitrogens is 2. The zero-order valence-electron chi connectivity index (χ0n) is 9.40. The maximum atomic E-state index is 5.93. The molecule has 0 bridgehead atoms. The molecule has 2 rings (SSSR count). The van der Waals surface area contributed by atoms with Crippen molar-refractivity contribution in [1.82, 2.24) is 10.2 Å². The Morgan fingerprint density at radius 1 is 1.22 bits per heavy atom. The molecule has 0 fully saturated rings. The molecular weight excluding hydrogens is 293 g/mol. The number of thioether (sulfide) groups is 1. The summed E-state index contributed by atoms with van der Waals surface area (Å²) in [6, 6.07) is 5.51. The molecule has 2 aromatic rings. The summed E-state index contributed by atoms with van der Waals surface area (Å²) in [5.74, 6) is 1.26. The van der Waals surface area contributed by atoms with Crippen LogP contribution in [0.5, 0.6) is 0 Å². The van der Waals surface area contributed by atoms with Gasteiger partial charge in [-0.05, 0) is 17.7 Å². The summed E-state index contributed by atoms with van der Waals surface area (Å²) in [6.07, 6.45) is 0.598. The number of hydrogen-bond acceptors (Lipinski definition) is 5. The van der Waals surface area contributed by atoms with E-state index < -0.39 is 0 Å². The quantitative estimate of drug-likeness (QED) is 0.860. The van der Waals surface area contributed by atoms with Crippen molar-refractivity contribution in [1.29, 1.82) is 0 Å². The summed E-state index contributed by atoms with van der Waals surface area (Å²) >= 11 is 13.2. The Kier molecular flexibility index (Phi) is 4.88. The second-order valence-electron chi connectivity index (χ2n) is 3.54. The van der Waals surface area contributed by atoms with Gasteiger partial charge < -0.3 is 10.2 Å². The minimum absolute atomic E-state index is 0.499. The standard InChI is InChI=1S/C11H11Cl2N3OS/c12-8-2-1-7(5-9(8)13)6-18-11-16-15-10(17-11)3-4-14/h1-2,5H,3-4,6,14H2. The molecule has 0 atom stereocenters. The van der Waals surface area contributed by atoms with Gasteiger partial charge in [0.05, 0.1) is 10.0 Å². The Morgan fingerprint density at radius 3 is 2.78 bits per heavy atom. The van der Waals surface area contributed by atoms with Crippen molar-refractivity contribution in [3.05, 3.63) is 39.7 Å². The molecule has 0 radical (unpaired) electrons. The second-order valence-corrected chi connectivity index (χ2v) is 5.28. The van der Waals surface area contributed by atoms with Crippen molar-refractivity contribution < 1.29 is 4.42 Å². The van der Waals surface area contributed by atoms with E-state index in [1.54, 1.807) is 6.07 Å². The van der Waals surface area contributed by atoms with Crippen LogP contribution in [-0.2, 0) is 12.2 Å². The lowest BCUT2D eigenvalue weighted by molar-refractivity contribution is 0.414. The minimum Gasteiger partial charge on any atom is -0.416 e. The van der Waals surface area contributed by atoms with Crippen LogP contribution < -0.4 is 5.73 Å². The fourth-order valence-corrected chi connectivity index (χ4v) is 2.34. The van der Waals surface area contributed by atoms with Crippen molar-refractivity contribution in [3.63, 3.8) is 0 Å². The average molecular weight is 304 g/mol. The summed E-state index contributed by atoms with van der Waals surface area (Å²) in [5.41, 5.74) is 6.45. The first-order valence-corrected chi connectivity index (χ1v) is 7.02. The predicted molar refractivity (Wildman–Crippen MR) is 73.1 cm³/mol. The van der Waals surface area contributed by atoms with E-state index in [1.165, 1.54) is 11.8 Å². The molecule has 0 amide bonds. The average Bonchev–Trinajstić information content (AvgIpc) is 2.79. The fraction of sp³-hybridized carbons (Fsp3) is 0.273. The molecule has 0 aliphatic carbocycles. The van der Waals surface area contributed by atoms with Gasteiger partial charge in [-0.3, -0.25) is 0 Å². The summed E-state index contributed by atoms with van der Waals surface area (Å²) < 4.78 is 5.40. The van der Waals surface area contributed by atoms with Gasteiger partial charge in [-0.1, -0.05) is 41.0 Å². The van der Waals surface area contributed by atoms with Gasteiger partial charge in [0.25, 0.3) is 5.22 Å². The lowest BCUT2D eigenvalue weighted by Crippen LogP contribution is -2.02. The van der Waals surface area contributed by atoms with E-state index in [-0.39, 0.29) is 0 Å². The van der Waals surface area contributed by atoms with E-state index >= 15 is 0 Å². The number of rotatable bonds is 5. The van der Waals surface area contributed by atoms with Crippen LogP contribution in [0.25, 0.3) is 0 Å². The summed E-state index contributed by atoms with van der Waals surface area (Å²) in [6.45, 7) is 0.499. The third kappa shape index (κ3) is 3.62. The van der Waals surface area contributed by atoms with Gasteiger partial charge in [-0.2, -0.15) is 0 Å². The Labute approximate surface area is 119 Å². The molecule has 1 heterocycles. The summed E-state index contributed by atoms with van der Waals surface area (Å²) in [5, 5.41) is 9.43. The van der Waals surface area contributed by atoms with Crippen LogP contribution in [0.4, 0.5) is 0 Å². The molecule has 0 unspecified atom stereocenters. The molecule has 0 saturated carbocycles. The summed E-state index contributed by atoms with van der Waals surface area (Å²) in [4.78, 5) is 0. The van der Waals surface area contributed by atoms with Crippen LogP contribution in [0.15, 0.2) is 27.8 Å². The van der Waals surface area contributed by atoms with Crippen LogP contribution in [0.2, 0.25) is 10.0 Å². The van der Waals surface area contributed by atoms with Crippen molar-refractivity contribution >= 4 is 35.0 Å². The molecule has 0 spiro atoms. The van der Waals surface area contributed by atoms with Crippen LogP contribution in [-0.4, -0.2) is 16.7 Å². The first-order valence-electron chi connectivity index (χ1n) is 5.28. The maximum absolute atomic E-state index is 5.93. The van der Waals surface area contributed by atoms with Gasteiger partial charge in [-0.25, -0.2) is 0 Å². The van der Waals surface area contributed by atoms with Crippen molar-refractivity contribution in [2.45, 2.75) is 17.4 Å². The topological polar surface area (TPSA) is 64.9 Å². The Hall–Kier alpha value is -0.750. The fourth-order valence-electron chi connectivity index (χ4n) is 1.30. The molecule has 0 aliphatic heterocycles.